The average molecular weight is 374 g/mol. The molecular weight excluding hydrogens is 347 g/mol. The smallest absolute Gasteiger partial charge is 0.494 e. The normalized spacial score (nSPS) is 17.8. The highest BCUT2D eigenvalue weighted by Crippen LogP contribution is 2.37. The zero-order chi connectivity index (χ0) is 19.9. The van der Waals surface area contributed by atoms with Gasteiger partial charge in [-0.1, -0.05) is 54.6 Å². The molecule has 1 fully saturated rings. The van der Waals surface area contributed by atoms with Crippen molar-refractivity contribution in [1.29, 1.82) is 0 Å². The van der Waals surface area contributed by atoms with Crippen LogP contribution in [0.1, 0.15) is 38.8 Å². The van der Waals surface area contributed by atoms with Crippen molar-refractivity contribution >= 4 is 23.4 Å². The summed E-state index contributed by atoms with van der Waals surface area (Å²) in [5, 5.41) is 2.52. The lowest BCUT2D eigenvalue weighted by Gasteiger charge is -2.32. The van der Waals surface area contributed by atoms with E-state index < -0.39 is 0 Å². The zero-order valence-electron chi connectivity index (χ0n) is 17.3. The second-order valence-electron chi connectivity index (χ2n) is 8.47. The monoisotopic (exact) mass is 374 g/mol. The Bertz CT molecular complexity index is 988. The van der Waals surface area contributed by atoms with E-state index in [1.807, 2.05) is 12.1 Å². The second kappa shape index (κ2) is 6.95. The van der Waals surface area contributed by atoms with Crippen LogP contribution in [0.5, 0.6) is 5.75 Å². The first kappa shape index (κ1) is 19.0. The summed E-state index contributed by atoms with van der Waals surface area (Å²) in [5.41, 5.74) is 2.73. The lowest BCUT2D eigenvalue weighted by atomic mass is 9.77. The molecule has 0 aromatic heterocycles. The van der Waals surface area contributed by atoms with E-state index in [0.717, 1.165) is 23.2 Å². The summed E-state index contributed by atoms with van der Waals surface area (Å²) in [6, 6.07) is 21.1. The number of ether oxygens (including phenoxy) is 1. The van der Waals surface area contributed by atoms with Gasteiger partial charge in [0.1, 0.15) is 5.75 Å². The molecule has 0 N–H and O–H groups in total. The molecule has 4 heteroatoms. The molecule has 3 aromatic carbocycles. The van der Waals surface area contributed by atoms with Crippen molar-refractivity contribution in [2.24, 2.45) is 0 Å². The summed E-state index contributed by atoms with van der Waals surface area (Å²) in [4.78, 5) is 0. The SMILES string of the molecule is COc1ccc(B2OC(C)(C)C(C)(C)O2)cc1Cc1cccc2ccccc12. The van der Waals surface area contributed by atoms with Crippen LogP contribution in [-0.2, 0) is 15.7 Å². The van der Waals surface area contributed by atoms with Crippen LogP contribution >= 0.6 is 0 Å². The van der Waals surface area contributed by atoms with Gasteiger partial charge < -0.3 is 14.0 Å². The summed E-state index contributed by atoms with van der Waals surface area (Å²) < 4.78 is 18.1. The van der Waals surface area contributed by atoms with Gasteiger partial charge in [0.25, 0.3) is 0 Å². The second-order valence-corrected chi connectivity index (χ2v) is 8.47. The maximum atomic E-state index is 6.24. The molecule has 0 aliphatic carbocycles. The number of methoxy groups -OCH3 is 1. The highest BCUT2D eigenvalue weighted by molar-refractivity contribution is 6.62. The Labute approximate surface area is 167 Å². The van der Waals surface area contributed by atoms with Gasteiger partial charge in [-0.25, -0.2) is 0 Å². The van der Waals surface area contributed by atoms with Gasteiger partial charge in [0, 0.05) is 6.42 Å². The van der Waals surface area contributed by atoms with Gasteiger partial charge in [-0.3, -0.25) is 0 Å². The Balaban J connectivity index is 1.70. The zero-order valence-corrected chi connectivity index (χ0v) is 17.3. The predicted octanol–water partition coefficient (Wildman–Crippen LogP) is 4.74. The van der Waals surface area contributed by atoms with Crippen molar-refractivity contribution < 1.29 is 14.0 Å². The fourth-order valence-corrected chi connectivity index (χ4v) is 3.71. The van der Waals surface area contributed by atoms with Gasteiger partial charge in [0.15, 0.2) is 0 Å². The Kier molecular flexibility index (Phi) is 4.72. The van der Waals surface area contributed by atoms with Gasteiger partial charge in [0.05, 0.1) is 18.3 Å². The molecule has 28 heavy (non-hydrogen) atoms. The first-order chi connectivity index (χ1) is 13.3. The van der Waals surface area contributed by atoms with E-state index >= 15 is 0 Å². The van der Waals surface area contributed by atoms with E-state index in [2.05, 4.69) is 76.2 Å². The van der Waals surface area contributed by atoms with E-state index in [1.165, 1.54) is 16.3 Å². The van der Waals surface area contributed by atoms with Gasteiger partial charge >= 0.3 is 7.12 Å². The molecule has 0 spiro atoms. The fraction of sp³-hybridized carbons (Fsp3) is 0.333. The lowest BCUT2D eigenvalue weighted by molar-refractivity contribution is 0.00578. The molecule has 1 aliphatic heterocycles. The van der Waals surface area contributed by atoms with E-state index in [0.29, 0.717) is 0 Å². The minimum atomic E-state index is -0.373. The summed E-state index contributed by atoms with van der Waals surface area (Å²) in [6.07, 6.45) is 0.790. The van der Waals surface area contributed by atoms with Crippen molar-refractivity contribution in [3.05, 3.63) is 71.8 Å². The van der Waals surface area contributed by atoms with E-state index in [4.69, 9.17) is 14.0 Å². The molecule has 3 nitrogen and oxygen atoms in total. The Morgan fingerprint density at radius 2 is 1.50 bits per heavy atom. The minimum absolute atomic E-state index is 0.354. The molecule has 144 valence electrons. The summed E-state index contributed by atoms with van der Waals surface area (Å²) in [7, 11) is 1.35. The van der Waals surface area contributed by atoms with Crippen molar-refractivity contribution in [3.8, 4) is 5.75 Å². The van der Waals surface area contributed by atoms with Crippen molar-refractivity contribution in [2.75, 3.05) is 7.11 Å². The Hall–Kier alpha value is -2.30. The van der Waals surface area contributed by atoms with Crippen molar-refractivity contribution in [2.45, 2.75) is 45.3 Å². The van der Waals surface area contributed by atoms with E-state index in [9.17, 15) is 0 Å². The molecule has 1 aliphatic rings. The molecule has 4 rings (SSSR count). The molecule has 0 unspecified atom stereocenters. The van der Waals surface area contributed by atoms with Crippen LogP contribution in [0.2, 0.25) is 0 Å². The number of benzene rings is 3. The van der Waals surface area contributed by atoms with Gasteiger partial charge in [-0.05, 0) is 61.1 Å². The third-order valence-electron chi connectivity index (χ3n) is 6.09. The lowest BCUT2D eigenvalue weighted by Crippen LogP contribution is -2.41. The van der Waals surface area contributed by atoms with Crippen LogP contribution in [0.3, 0.4) is 0 Å². The minimum Gasteiger partial charge on any atom is -0.496 e. The Morgan fingerprint density at radius 1 is 0.821 bits per heavy atom. The predicted molar refractivity (Wildman–Crippen MR) is 115 cm³/mol. The van der Waals surface area contributed by atoms with Gasteiger partial charge in [-0.15, -0.1) is 0 Å². The quantitative estimate of drug-likeness (QED) is 0.618. The van der Waals surface area contributed by atoms with Gasteiger partial charge in [0.2, 0.25) is 0 Å². The maximum absolute atomic E-state index is 6.24. The molecule has 1 saturated heterocycles. The molecule has 0 bridgehead atoms. The van der Waals surface area contributed by atoms with Crippen LogP contribution in [0.15, 0.2) is 60.7 Å². The average Bonchev–Trinajstić information content (AvgIpc) is 2.89. The molecule has 1 heterocycles. The first-order valence-corrected chi connectivity index (χ1v) is 9.80. The maximum Gasteiger partial charge on any atom is 0.494 e. The number of rotatable bonds is 4. The van der Waals surface area contributed by atoms with E-state index in [-0.39, 0.29) is 18.3 Å². The summed E-state index contributed by atoms with van der Waals surface area (Å²) in [5.74, 6) is 0.883. The largest absolute Gasteiger partial charge is 0.496 e. The van der Waals surface area contributed by atoms with Crippen LogP contribution < -0.4 is 10.2 Å². The van der Waals surface area contributed by atoms with E-state index in [1.54, 1.807) is 7.11 Å². The van der Waals surface area contributed by atoms with Crippen LogP contribution in [0.4, 0.5) is 0 Å². The third kappa shape index (κ3) is 3.32. The van der Waals surface area contributed by atoms with Gasteiger partial charge in [-0.2, -0.15) is 0 Å². The van der Waals surface area contributed by atoms with Crippen molar-refractivity contribution in [3.63, 3.8) is 0 Å². The van der Waals surface area contributed by atoms with Crippen LogP contribution in [0, 0.1) is 0 Å². The highest BCUT2D eigenvalue weighted by Gasteiger charge is 2.51. The molecular formula is C24H27BO3. The standard InChI is InChI=1S/C24H27BO3/c1-23(2)24(3,4)28-25(27-23)20-13-14-22(26-5)19(16-20)15-18-11-8-10-17-9-6-7-12-21(17)18/h6-14,16H,15H2,1-5H3. The topological polar surface area (TPSA) is 27.7 Å². The number of hydrogen-bond donors (Lipinski definition) is 0. The van der Waals surface area contributed by atoms with Crippen LogP contribution in [-0.4, -0.2) is 25.4 Å². The highest BCUT2D eigenvalue weighted by atomic mass is 16.7. The summed E-state index contributed by atoms with van der Waals surface area (Å²) >= 11 is 0. The first-order valence-electron chi connectivity index (χ1n) is 9.80. The number of hydrogen-bond acceptors (Lipinski definition) is 3. The molecule has 3 aromatic rings. The molecule has 0 saturated carbocycles. The number of fused-ring (bicyclic) bond motifs is 1. The molecule has 0 radical (unpaired) electrons. The fourth-order valence-electron chi connectivity index (χ4n) is 3.71. The third-order valence-corrected chi connectivity index (χ3v) is 6.09. The van der Waals surface area contributed by atoms with Crippen molar-refractivity contribution in [1.82, 2.24) is 0 Å². The summed E-state index contributed by atoms with van der Waals surface area (Å²) in [6.45, 7) is 8.31. The Morgan fingerprint density at radius 3 is 2.21 bits per heavy atom. The van der Waals surface area contributed by atoms with Crippen LogP contribution in [0.25, 0.3) is 10.8 Å². The molecule has 0 amide bonds. The molecule has 0 atom stereocenters.